The minimum atomic E-state index is -1.81. The van der Waals surface area contributed by atoms with E-state index in [2.05, 4.69) is 0 Å². The predicted octanol–water partition coefficient (Wildman–Crippen LogP) is 4.93. The van der Waals surface area contributed by atoms with E-state index < -0.39 is 11.4 Å². The topological polar surface area (TPSA) is 20.2 Å². The molecule has 0 spiro atoms. The van der Waals surface area contributed by atoms with Crippen LogP contribution in [0.15, 0.2) is 96.8 Å². The summed E-state index contributed by atoms with van der Waals surface area (Å²) in [5.41, 5.74) is -0.111. The highest BCUT2D eigenvalue weighted by atomic mass is 19.1. The van der Waals surface area contributed by atoms with Crippen molar-refractivity contribution < 1.29 is 9.50 Å². The fourth-order valence-corrected chi connectivity index (χ4v) is 2.60. The molecule has 0 saturated heterocycles. The van der Waals surface area contributed by atoms with E-state index in [4.69, 9.17) is 0 Å². The summed E-state index contributed by atoms with van der Waals surface area (Å²) >= 11 is 0. The molecule has 3 aromatic rings. The van der Waals surface area contributed by atoms with Crippen LogP contribution in [0.5, 0.6) is 0 Å². The zero-order chi connectivity index (χ0) is 16.1. The number of hydrogen-bond acceptors (Lipinski definition) is 1. The van der Waals surface area contributed by atoms with Crippen LogP contribution in [0.1, 0.15) is 16.7 Å². The van der Waals surface area contributed by atoms with Gasteiger partial charge in [-0.2, -0.15) is 0 Å². The van der Waals surface area contributed by atoms with E-state index in [1.807, 2.05) is 30.3 Å². The molecule has 0 saturated carbocycles. The first-order chi connectivity index (χ1) is 11.2. The van der Waals surface area contributed by atoms with Crippen LogP contribution in [0.2, 0.25) is 0 Å². The maximum absolute atomic E-state index is 15.1. The van der Waals surface area contributed by atoms with Gasteiger partial charge in [0.15, 0.2) is 5.60 Å². The minimum Gasteiger partial charge on any atom is -0.374 e. The van der Waals surface area contributed by atoms with Gasteiger partial charge in [-0.05, 0) is 22.8 Å². The Hall–Kier alpha value is -2.71. The van der Waals surface area contributed by atoms with Crippen LogP contribution in [0.25, 0.3) is 6.08 Å². The number of benzene rings is 3. The third kappa shape index (κ3) is 3.08. The summed E-state index contributed by atoms with van der Waals surface area (Å²) in [7, 11) is 0. The lowest BCUT2D eigenvalue weighted by Gasteiger charge is -2.28. The molecular formula is C21H17FO. The van der Waals surface area contributed by atoms with Gasteiger partial charge in [0, 0.05) is 0 Å². The predicted molar refractivity (Wildman–Crippen MR) is 91.4 cm³/mol. The van der Waals surface area contributed by atoms with Gasteiger partial charge in [-0.15, -0.1) is 0 Å². The maximum Gasteiger partial charge on any atom is 0.166 e. The highest BCUT2D eigenvalue weighted by Gasteiger charge is 2.36. The standard InChI is InChI=1S/C21H17FO/c22-20(16-17-10-4-1-5-11-17)21(23,18-12-6-2-7-13-18)19-14-8-3-9-15-19/h1-16,23H/b20-16-. The summed E-state index contributed by atoms with van der Waals surface area (Å²) in [5, 5.41) is 11.2. The van der Waals surface area contributed by atoms with Crippen molar-refractivity contribution >= 4 is 6.08 Å². The monoisotopic (exact) mass is 304 g/mol. The average molecular weight is 304 g/mol. The Labute approximate surface area is 135 Å². The van der Waals surface area contributed by atoms with Crippen molar-refractivity contribution in [2.45, 2.75) is 5.60 Å². The molecule has 2 heteroatoms. The molecule has 0 aromatic heterocycles. The van der Waals surface area contributed by atoms with Gasteiger partial charge in [-0.25, -0.2) is 4.39 Å². The van der Waals surface area contributed by atoms with Crippen molar-refractivity contribution in [3.8, 4) is 0 Å². The van der Waals surface area contributed by atoms with E-state index in [0.29, 0.717) is 16.7 Å². The lowest BCUT2D eigenvalue weighted by molar-refractivity contribution is 0.0962. The smallest absolute Gasteiger partial charge is 0.166 e. The lowest BCUT2D eigenvalue weighted by Crippen LogP contribution is -2.28. The molecule has 3 rings (SSSR count). The number of rotatable bonds is 4. The number of halogens is 1. The molecular weight excluding hydrogens is 287 g/mol. The molecule has 0 unspecified atom stereocenters. The van der Waals surface area contributed by atoms with Gasteiger partial charge in [0.1, 0.15) is 5.83 Å². The van der Waals surface area contributed by atoms with Crippen LogP contribution in [0, 0.1) is 0 Å². The van der Waals surface area contributed by atoms with Crippen molar-refractivity contribution in [1.29, 1.82) is 0 Å². The van der Waals surface area contributed by atoms with E-state index in [1.54, 1.807) is 60.7 Å². The first-order valence-electron chi connectivity index (χ1n) is 7.47. The van der Waals surface area contributed by atoms with Gasteiger partial charge in [0.05, 0.1) is 0 Å². The minimum absolute atomic E-state index is 0.496. The van der Waals surface area contributed by atoms with Crippen LogP contribution in [0.4, 0.5) is 4.39 Å². The summed E-state index contributed by atoms with van der Waals surface area (Å²) < 4.78 is 15.1. The Balaban J connectivity index is 2.15. The van der Waals surface area contributed by atoms with Crippen molar-refractivity contribution in [1.82, 2.24) is 0 Å². The van der Waals surface area contributed by atoms with Gasteiger partial charge in [0.2, 0.25) is 0 Å². The molecule has 0 fully saturated rings. The molecule has 0 radical (unpaired) electrons. The fraction of sp³-hybridized carbons (Fsp3) is 0.0476. The quantitative estimate of drug-likeness (QED) is 0.724. The van der Waals surface area contributed by atoms with E-state index in [0.717, 1.165) is 0 Å². The van der Waals surface area contributed by atoms with E-state index in [9.17, 15) is 5.11 Å². The van der Waals surface area contributed by atoms with E-state index in [1.165, 1.54) is 6.08 Å². The van der Waals surface area contributed by atoms with E-state index in [-0.39, 0.29) is 0 Å². The Kier molecular flexibility index (Phi) is 4.35. The first kappa shape index (κ1) is 15.2. The molecule has 23 heavy (non-hydrogen) atoms. The molecule has 0 heterocycles. The van der Waals surface area contributed by atoms with Crippen LogP contribution in [-0.2, 0) is 5.60 Å². The van der Waals surface area contributed by atoms with Crippen molar-refractivity contribution in [3.63, 3.8) is 0 Å². The molecule has 0 aliphatic carbocycles. The van der Waals surface area contributed by atoms with Crippen LogP contribution >= 0.6 is 0 Å². The molecule has 1 nitrogen and oxygen atoms in total. The Bertz CT molecular complexity index is 740. The molecule has 3 aromatic carbocycles. The summed E-state index contributed by atoms with van der Waals surface area (Å²) in [6.07, 6.45) is 1.38. The Morgan fingerprint density at radius 3 is 1.52 bits per heavy atom. The highest BCUT2D eigenvalue weighted by molar-refractivity contribution is 5.57. The molecule has 0 atom stereocenters. The van der Waals surface area contributed by atoms with Gasteiger partial charge in [0.25, 0.3) is 0 Å². The number of aliphatic hydroxyl groups is 1. The van der Waals surface area contributed by atoms with Crippen molar-refractivity contribution in [2.75, 3.05) is 0 Å². The highest BCUT2D eigenvalue weighted by Crippen LogP contribution is 2.38. The van der Waals surface area contributed by atoms with Gasteiger partial charge >= 0.3 is 0 Å². The molecule has 0 aliphatic heterocycles. The second kappa shape index (κ2) is 6.59. The number of hydrogen-bond donors (Lipinski definition) is 1. The van der Waals surface area contributed by atoms with Crippen LogP contribution in [-0.4, -0.2) is 5.11 Å². The Morgan fingerprint density at radius 2 is 1.09 bits per heavy atom. The average Bonchev–Trinajstić information content (AvgIpc) is 2.63. The zero-order valence-corrected chi connectivity index (χ0v) is 12.6. The fourth-order valence-electron chi connectivity index (χ4n) is 2.60. The lowest BCUT2D eigenvalue weighted by atomic mass is 9.84. The molecule has 114 valence electrons. The maximum atomic E-state index is 15.1. The van der Waals surface area contributed by atoms with Gasteiger partial charge < -0.3 is 5.11 Å². The molecule has 1 N–H and O–H groups in total. The summed E-state index contributed by atoms with van der Waals surface area (Å²) in [5.74, 6) is -0.610. The van der Waals surface area contributed by atoms with Crippen LogP contribution < -0.4 is 0 Å². The second-order valence-electron chi connectivity index (χ2n) is 5.35. The van der Waals surface area contributed by atoms with Crippen molar-refractivity contribution in [2.24, 2.45) is 0 Å². The molecule has 0 bridgehead atoms. The molecule has 0 amide bonds. The SMILES string of the molecule is OC(/C(F)=C/c1ccccc1)(c1ccccc1)c1ccccc1. The van der Waals surface area contributed by atoms with Crippen molar-refractivity contribution in [3.05, 3.63) is 114 Å². The third-order valence-corrected chi connectivity index (χ3v) is 3.82. The summed E-state index contributed by atoms with van der Waals surface area (Å²) in [6.45, 7) is 0. The first-order valence-corrected chi connectivity index (χ1v) is 7.47. The third-order valence-electron chi connectivity index (χ3n) is 3.82. The van der Waals surface area contributed by atoms with Gasteiger partial charge in [-0.1, -0.05) is 91.0 Å². The second-order valence-corrected chi connectivity index (χ2v) is 5.35. The summed E-state index contributed by atoms with van der Waals surface area (Å²) in [6, 6.07) is 26.9. The zero-order valence-electron chi connectivity index (χ0n) is 12.6. The molecule has 0 aliphatic rings. The Morgan fingerprint density at radius 1 is 0.696 bits per heavy atom. The van der Waals surface area contributed by atoms with Crippen LogP contribution in [0.3, 0.4) is 0 Å². The normalized spacial score (nSPS) is 12.2. The largest absolute Gasteiger partial charge is 0.374 e. The van der Waals surface area contributed by atoms with E-state index >= 15 is 4.39 Å². The summed E-state index contributed by atoms with van der Waals surface area (Å²) in [4.78, 5) is 0. The van der Waals surface area contributed by atoms with Gasteiger partial charge in [-0.3, -0.25) is 0 Å².